The van der Waals surface area contributed by atoms with Gasteiger partial charge in [0, 0.05) is 77.1 Å². The number of methoxy groups -OCH3 is 2. The van der Waals surface area contributed by atoms with E-state index in [0.717, 1.165) is 48.8 Å². The molecule has 0 N–H and O–H groups in total. The summed E-state index contributed by atoms with van der Waals surface area (Å²) in [7, 11) is 5.20. The molecular weight excluding hydrogens is 543 g/mol. The number of rotatable bonds is 10. The van der Waals surface area contributed by atoms with E-state index in [1.165, 1.54) is 12.1 Å². The van der Waals surface area contributed by atoms with Gasteiger partial charge in [-0.2, -0.15) is 0 Å². The number of benzene rings is 1. The third-order valence-electron chi connectivity index (χ3n) is 9.26. The van der Waals surface area contributed by atoms with E-state index in [0.29, 0.717) is 40.1 Å². The Morgan fingerprint density at radius 1 is 1.17 bits per heavy atom. The lowest BCUT2D eigenvalue weighted by Gasteiger charge is -2.55. The molecule has 2 aliphatic rings. The van der Waals surface area contributed by atoms with Crippen molar-refractivity contribution in [2.75, 3.05) is 34.4 Å². The largest absolute Gasteiger partial charge is 0.353 e. The maximum Gasteiger partial charge on any atom is 0.256 e. The number of nitrogens with zero attached hydrogens (tertiary/aromatic N) is 4. The normalized spacial score (nSPS) is 18.6. The first-order chi connectivity index (χ1) is 19.5. The van der Waals surface area contributed by atoms with Gasteiger partial charge < -0.3 is 18.9 Å². The minimum atomic E-state index is -0.448. The zero-order valence-corrected chi connectivity index (χ0v) is 25.9. The molecule has 3 aromatic rings. The van der Waals surface area contributed by atoms with Crippen molar-refractivity contribution in [1.82, 2.24) is 19.4 Å². The summed E-state index contributed by atoms with van der Waals surface area (Å²) in [4.78, 5) is 21.9. The van der Waals surface area contributed by atoms with Crippen molar-refractivity contribution in [3.63, 3.8) is 0 Å². The Hall–Kier alpha value is -2.52. The molecule has 1 unspecified atom stereocenters. The summed E-state index contributed by atoms with van der Waals surface area (Å²) in [6.07, 6.45) is 8.19. The van der Waals surface area contributed by atoms with E-state index in [4.69, 9.17) is 21.1 Å². The summed E-state index contributed by atoms with van der Waals surface area (Å²) < 4.78 is 27.6. The number of hydrogen-bond acceptors (Lipinski definition) is 5. The van der Waals surface area contributed by atoms with Crippen LogP contribution < -0.4 is 0 Å². The van der Waals surface area contributed by atoms with Crippen molar-refractivity contribution >= 4 is 28.4 Å². The molecule has 0 spiro atoms. The van der Waals surface area contributed by atoms with Crippen LogP contribution in [0.25, 0.3) is 16.6 Å². The van der Waals surface area contributed by atoms with Gasteiger partial charge in [0.1, 0.15) is 5.82 Å². The van der Waals surface area contributed by atoms with Crippen LogP contribution in [-0.4, -0.2) is 77.5 Å². The number of ether oxygens (including phenoxy) is 2. The highest BCUT2D eigenvalue weighted by atomic mass is 35.5. The molecule has 41 heavy (non-hydrogen) atoms. The maximum atomic E-state index is 14.4. The molecule has 2 fully saturated rings. The van der Waals surface area contributed by atoms with E-state index >= 15 is 0 Å². The van der Waals surface area contributed by atoms with Crippen LogP contribution in [-0.2, 0) is 15.9 Å². The lowest BCUT2D eigenvalue weighted by atomic mass is 9.69. The minimum Gasteiger partial charge on any atom is -0.353 e. The first-order valence-electron chi connectivity index (χ1n) is 14.5. The van der Waals surface area contributed by atoms with Crippen molar-refractivity contribution < 1.29 is 18.7 Å². The molecular formula is C32H42ClFN4O3. The van der Waals surface area contributed by atoms with Gasteiger partial charge in [-0.25, -0.2) is 4.39 Å². The highest BCUT2D eigenvalue weighted by Crippen LogP contribution is 2.47. The van der Waals surface area contributed by atoms with Gasteiger partial charge in [0.25, 0.3) is 5.91 Å². The smallest absolute Gasteiger partial charge is 0.256 e. The standard InChI is InChI=1S/C32H42ClFN4O3/c1-19(2)30(23-12-32(13-23,40-6)41-7)37-16-21(17-37)10-22-18-38(28-15-35-14-26(33)29(22)28)27-9-8-24(34)11-25(27)31(39)36(5)20(3)4/h8-9,11,14-15,18-21,23,30H,10,12-13,16-17H2,1-7H3. The summed E-state index contributed by atoms with van der Waals surface area (Å²) >= 11 is 6.72. The summed E-state index contributed by atoms with van der Waals surface area (Å²) in [6, 6.07) is 4.84. The summed E-state index contributed by atoms with van der Waals surface area (Å²) in [5.74, 6) is 0.459. The zero-order chi connectivity index (χ0) is 29.6. The predicted octanol–water partition coefficient (Wildman–Crippen LogP) is 6.20. The fraction of sp³-hybridized carbons (Fsp3) is 0.562. The molecule has 222 valence electrons. The first-order valence-corrected chi connectivity index (χ1v) is 14.9. The van der Waals surface area contributed by atoms with Crippen molar-refractivity contribution in [2.45, 2.75) is 64.8 Å². The molecule has 0 bridgehead atoms. The van der Waals surface area contributed by atoms with Crippen LogP contribution in [0.3, 0.4) is 0 Å². The Morgan fingerprint density at radius 3 is 2.46 bits per heavy atom. The van der Waals surface area contributed by atoms with Crippen LogP contribution in [0.4, 0.5) is 4.39 Å². The SMILES string of the molecule is COC1(OC)CC(C(C(C)C)N2CC(Cc3cn(-c4ccc(F)cc4C(=O)N(C)C(C)C)c4cncc(Cl)c34)C2)C1. The average Bonchev–Trinajstić information content (AvgIpc) is 3.26. The van der Waals surface area contributed by atoms with Crippen molar-refractivity contribution in [3.8, 4) is 5.69 Å². The highest BCUT2D eigenvalue weighted by molar-refractivity contribution is 6.35. The topological polar surface area (TPSA) is 59.8 Å². The molecule has 3 heterocycles. The van der Waals surface area contributed by atoms with Crippen molar-refractivity contribution in [3.05, 3.63) is 58.8 Å². The van der Waals surface area contributed by atoms with E-state index in [-0.39, 0.29) is 11.9 Å². The van der Waals surface area contributed by atoms with E-state index in [1.54, 1.807) is 44.6 Å². The Labute approximate surface area is 247 Å². The number of aromatic nitrogens is 2. The van der Waals surface area contributed by atoms with Gasteiger partial charge in [0.05, 0.1) is 28.0 Å². The summed E-state index contributed by atoms with van der Waals surface area (Å²) in [6.45, 7) is 10.5. The van der Waals surface area contributed by atoms with Gasteiger partial charge >= 0.3 is 0 Å². The molecule has 2 aromatic heterocycles. The molecule has 1 saturated heterocycles. The molecule has 0 radical (unpaired) electrons. The summed E-state index contributed by atoms with van der Waals surface area (Å²) in [5.41, 5.74) is 2.84. The number of fused-ring (bicyclic) bond motifs is 1. The van der Waals surface area contributed by atoms with E-state index in [2.05, 4.69) is 29.9 Å². The van der Waals surface area contributed by atoms with Gasteiger partial charge in [-0.1, -0.05) is 25.4 Å². The average molecular weight is 585 g/mol. The molecule has 1 aromatic carbocycles. The van der Waals surface area contributed by atoms with Crippen LogP contribution in [0.5, 0.6) is 0 Å². The molecule has 7 nitrogen and oxygen atoms in total. The molecule has 1 amide bonds. The highest BCUT2D eigenvalue weighted by Gasteiger charge is 2.51. The van der Waals surface area contributed by atoms with Crippen molar-refractivity contribution in [1.29, 1.82) is 0 Å². The summed E-state index contributed by atoms with van der Waals surface area (Å²) in [5, 5.41) is 1.51. The van der Waals surface area contributed by atoms with Crippen LogP contribution in [0.15, 0.2) is 36.8 Å². The van der Waals surface area contributed by atoms with Gasteiger partial charge in [0.2, 0.25) is 0 Å². The zero-order valence-electron chi connectivity index (χ0n) is 25.2. The van der Waals surface area contributed by atoms with Crippen LogP contribution in [0.1, 0.15) is 56.5 Å². The van der Waals surface area contributed by atoms with Crippen LogP contribution in [0.2, 0.25) is 5.02 Å². The second kappa shape index (κ2) is 11.6. The van der Waals surface area contributed by atoms with Gasteiger partial charge in [-0.05, 0) is 61.8 Å². The van der Waals surface area contributed by atoms with Gasteiger partial charge in [-0.3, -0.25) is 14.7 Å². The van der Waals surface area contributed by atoms with Crippen LogP contribution in [0, 0.1) is 23.6 Å². The Balaban J connectivity index is 1.40. The quantitative estimate of drug-likeness (QED) is 0.266. The monoisotopic (exact) mass is 584 g/mol. The fourth-order valence-electron chi connectivity index (χ4n) is 6.84. The third-order valence-corrected chi connectivity index (χ3v) is 9.55. The minimum absolute atomic E-state index is 0.0247. The third kappa shape index (κ3) is 5.52. The van der Waals surface area contributed by atoms with Gasteiger partial charge in [-0.15, -0.1) is 0 Å². The van der Waals surface area contributed by atoms with Crippen LogP contribution >= 0.6 is 11.6 Å². The second-order valence-corrected chi connectivity index (χ2v) is 12.9. The fourth-order valence-corrected chi connectivity index (χ4v) is 7.11. The number of carbonyl (C=O) groups excluding carboxylic acids is 1. The second-order valence-electron chi connectivity index (χ2n) is 12.5. The molecule has 1 aliphatic heterocycles. The van der Waals surface area contributed by atoms with Gasteiger partial charge in [0.15, 0.2) is 5.79 Å². The molecule has 9 heteroatoms. The number of amides is 1. The maximum absolute atomic E-state index is 14.4. The molecule has 1 atom stereocenters. The number of hydrogen-bond donors (Lipinski definition) is 0. The number of pyridine rings is 1. The Bertz CT molecular complexity index is 1410. The lowest BCUT2D eigenvalue weighted by Crippen LogP contribution is -2.62. The molecule has 1 aliphatic carbocycles. The number of likely N-dealkylation sites (tertiary alicyclic amines) is 1. The molecule has 5 rings (SSSR count). The number of halogens is 2. The first kappa shape index (κ1) is 30.0. The number of carbonyl (C=O) groups is 1. The predicted molar refractivity (Wildman–Crippen MR) is 160 cm³/mol. The van der Waals surface area contributed by atoms with E-state index in [1.807, 2.05) is 18.4 Å². The molecule has 1 saturated carbocycles. The van der Waals surface area contributed by atoms with Crippen molar-refractivity contribution in [2.24, 2.45) is 17.8 Å². The Morgan fingerprint density at radius 2 is 1.85 bits per heavy atom. The Kier molecular flexibility index (Phi) is 8.50. The van der Waals surface area contributed by atoms with E-state index < -0.39 is 11.6 Å². The van der Waals surface area contributed by atoms with E-state index in [9.17, 15) is 9.18 Å². The lowest BCUT2D eigenvalue weighted by molar-refractivity contribution is -0.281.